The second-order valence-electron chi connectivity index (χ2n) is 8.06. The number of likely N-dealkylation sites (tertiary alicyclic amines) is 1. The molecule has 162 valence electrons. The molecule has 0 unspecified atom stereocenters. The Kier molecular flexibility index (Phi) is 6.37. The van der Waals surface area contributed by atoms with Crippen LogP contribution in [0.5, 0.6) is 0 Å². The zero-order chi connectivity index (χ0) is 22.5. The molecule has 0 saturated carbocycles. The van der Waals surface area contributed by atoms with Gasteiger partial charge in [-0.05, 0) is 69.2 Å². The van der Waals surface area contributed by atoms with Crippen LogP contribution >= 0.6 is 0 Å². The van der Waals surface area contributed by atoms with E-state index in [1.54, 1.807) is 4.90 Å². The van der Waals surface area contributed by atoms with Crippen LogP contribution in [0.2, 0.25) is 0 Å². The van der Waals surface area contributed by atoms with E-state index >= 15 is 0 Å². The largest absolute Gasteiger partial charge is 0.332 e. The number of hydrogen-bond acceptors (Lipinski definition) is 3. The zero-order valence-corrected chi connectivity index (χ0v) is 18.3. The molecule has 0 bridgehead atoms. The molecule has 1 saturated heterocycles. The summed E-state index contributed by atoms with van der Waals surface area (Å²) in [6, 6.07) is 19.2. The Morgan fingerprint density at radius 3 is 2.31 bits per heavy atom. The molecule has 6 nitrogen and oxygen atoms in total. The van der Waals surface area contributed by atoms with Crippen LogP contribution < -0.4 is 5.32 Å². The van der Waals surface area contributed by atoms with Gasteiger partial charge in [-0.25, -0.2) is 4.68 Å². The summed E-state index contributed by atoms with van der Waals surface area (Å²) in [4.78, 5) is 26.8. The van der Waals surface area contributed by atoms with Crippen molar-refractivity contribution < 1.29 is 9.59 Å². The van der Waals surface area contributed by atoms with Crippen LogP contribution in [0.4, 0.5) is 5.69 Å². The van der Waals surface area contributed by atoms with Crippen molar-refractivity contribution in [3.8, 4) is 17.5 Å². The fourth-order valence-electron chi connectivity index (χ4n) is 3.89. The summed E-state index contributed by atoms with van der Waals surface area (Å²) in [6.45, 7) is 5.06. The van der Waals surface area contributed by atoms with Gasteiger partial charge in [0.05, 0.1) is 11.4 Å². The van der Waals surface area contributed by atoms with Crippen LogP contribution in [0.25, 0.3) is 5.69 Å². The van der Waals surface area contributed by atoms with Crippen molar-refractivity contribution in [3.63, 3.8) is 0 Å². The highest BCUT2D eigenvalue weighted by Crippen LogP contribution is 2.21. The molecule has 32 heavy (non-hydrogen) atoms. The summed E-state index contributed by atoms with van der Waals surface area (Å²) in [5.74, 6) is 5.30. The van der Waals surface area contributed by atoms with E-state index in [0.717, 1.165) is 28.3 Å². The number of piperidine rings is 1. The van der Waals surface area contributed by atoms with E-state index < -0.39 is 0 Å². The third-order valence-electron chi connectivity index (χ3n) is 5.63. The lowest BCUT2D eigenvalue weighted by molar-refractivity contribution is -0.129. The van der Waals surface area contributed by atoms with Gasteiger partial charge in [-0.1, -0.05) is 24.1 Å². The highest BCUT2D eigenvalue weighted by Gasteiger charge is 2.26. The van der Waals surface area contributed by atoms with Crippen molar-refractivity contribution >= 4 is 17.5 Å². The summed E-state index contributed by atoms with van der Waals surface area (Å²) in [6.07, 6.45) is 1.27. The number of rotatable bonds is 3. The van der Waals surface area contributed by atoms with Crippen molar-refractivity contribution in [1.29, 1.82) is 0 Å². The van der Waals surface area contributed by atoms with Crippen LogP contribution in [0, 0.1) is 31.6 Å². The standard InChI is InChI=1S/C26H26N4O2/c1-19-18-20(2)30(28-19)24-11-9-23(10-12-24)27-26(32)22-14-16-29(17-15-22)25(31)13-8-21-6-4-3-5-7-21/h3-7,9-12,18,22H,14-17H2,1-2H3,(H,27,32). The number of nitrogens with zero attached hydrogens (tertiary/aromatic N) is 3. The molecular formula is C26H26N4O2. The fraction of sp³-hybridized carbons (Fsp3) is 0.269. The molecule has 3 aromatic rings. The summed E-state index contributed by atoms with van der Waals surface area (Å²) < 4.78 is 1.88. The minimum Gasteiger partial charge on any atom is -0.332 e. The molecule has 1 fully saturated rings. The lowest BCUT2D eigenvalue weighted by Gasteiger charge is -2.30. The molecule has 2 aromatic carbocycles. The van der Waals surface area contributed by atoms with E-state index in [9.17, 15) is 9.59 Å². The predicted octanol–water partition coefficient (Wildman–Crippen LogP) is 3.72. The number of aryl methyl sites for hydroxylation is 2. The maximum absolute atomic E-state index is 12.7. The molecule has 1 N–H and O–H groups in total. The molecule has 1 aromatic heterocycles. The van der Waals surface area contributed by atoms with E-state index in [-0.39, 0.29) is 17.7 Å². The minimum absolute atomic E-state index is 0.00803. The molecule has 0 spiro atoms. The number of amides is 2. The third kappa shape index (κ3) is 5.06. The van der Waals surface area contributed by atoms with Gasteiger partial charge in [0, 0.05) is 41.9 Å². The van der Waals surface area contributed by atoms with Crippen molar-refractivity contribution in [1.82, 2.24) is 14.7 Å². The maximum atomic E-state index is 12.7. The molecule has 0 atom stereocenters. The first-order valence-electron chi connectivity index (χ1n) is 10.8. The summed E-state index contributed by atoms with van der Waals surface area (Å²) in [5, 5.41) is 7.48. The van der Waals surface area contributed by atoms with Crippen molar-refractivity contribution in [2.75, 3.05) is 18.4 Å². The maximum Gasteiger partial charge on any atom is 0.298 e. The lowest BCUT2D eigenvalue weighted by Crippen LogP contribution is -2.41. The summed E-state index contributed by atoms with van der Waals surface area (Å²) in [5.41, 5.74) is 4.56. The molecule has 4 rings (SSSR count). The Bertz CT molecular complexity index is 1160. The van der Waals surface area contributed by atoms with Crippen LogP contribution in [0.3, 0.4) is 0 Å². The minimum atomic E-state index is -0.188. The first-order chi connectivity index (χ1) is 15.5. The van der Waals surface area contributed by atoms with E-state index in [2.05, 4.69) is 22.3 Å². The number of hydrogen-bond donors (Lipinski definition) is 1. The molecule has 1 aliphatic rings. The zero-order valence-electron chi connectivity index (χ0n) is 18.3. The Hall–Kier alpha value is -3.85. The van der Waals surface area contributed by atoms with Crippen LogP contribution in [0.1, 0.15) is 29.8 Å². The molecule has 1 aliphatic heterocycles. The predicted molar refractivity (Wildman–Crippen MR) is 124 cm³/mol. The van der Waals surface area contributed by atoms with E-state index in [1.807, 2.05) is 79.2 Å². The first kappa shape index (κ1) is 21.4. The van der Waals surface area contributed by atoms with E-state index in [1.165, 1.54) is 0 Å². The summed E-state index contributed by atoms with van der Waals surface area (Å²) >= 11 is 0. The number of carbonyl (C=O) groups excluding carboxylic acids is 2. The number of aromatic nitrogens is 2. The SMILES string of the molecule is Cc1cc(C)n(-c2ccc(NC(=O)C3CCN(C(=O)C#Cc4ccccc4)CC3)cc2)n1. The van der Waals surface area contributed by atoms with Crippen LogP contribution in [0.15, 0.2) is 60.7 Å². The summed E-state index contributed by atoms with van der Waals surface area (Å²) in [7, 11) is 0. The lowest BCUT2D eigenvalue weighted by atomic mass is 9.95. The molecular weight excluding hydrogens is 400 g/mol. The van der Waals surface area contributed by atoms with Crippen molar-refractivity contribution in [2.24, 2.45) is 5.92 Å². The molecule has 0 aliphatic carbocycles. The second kappa shape index (κ2) is 9.52. The Balaban J connectivity index is 1.29. The van der Waals surface area contributed by atoms with Gasteiger partial charge < -0.3 is 10.2 Å². The molecule has 2 amide bonds. The number of benzene rings is 2. The average molecular weight is 427 g/mol. The van der Waals surface area contributed by atoms with Gasteiger partial charge in [-0.15, -0.1) is 0 Å². The molecule has 0 radical (unpaired) electrons. The molecule has 2 heterocycles. The van der Waals surface area contributed by atoms with Crippen molar-refractivity contribution in [3.05, 3.63) is 77.6 Å². The third-order valence-corrected chi connectivity index (χ3v) is 5.63. The Morgan fingerprint density at radius 2 is 1.69 bits per heavy atom. The Labute approximate surface area is 188 Å². The van der Waals surface area contributed by atoms with E-state index in [4.69, 9.17) is 0 Å². The monoisotopic (exact) mass is 426 g/mol. The van der Waals surface area contributed by atoms with Gasteiger partial charge in [0.2, 0.25) is 5.91 Å². The van der Waals surface area contributed by atoms with Crippen molar-refractivity contribution in [2.45, 2.75) is 26.7 Å². The second-order valence-corrected chi connectivity index (χ2v) is 8.06. The van der Waals surface area contributed by atoms with Crippen LogP contribution in [-0.4, -0.2) is 39.6 Å². The Morgan fingerprint density at radius 1 is 1.00 bits per heavy atom. The number of anilines is 1. The van der Waals surface area contributed by atoms with Gasteiger partial charge in [0.1, 0.15) is 0 Å². The fourth-order valence-corrected chi connectivity index (χ4v) is 3.89. The first-order valence-corrected chi connectivity index (χ1v) is 10.8. The highest BCUT2D eigenvalue weighted by atomic mass is 16.2. The normalized spacial score (nSPS) is 13.9. The number of carbonyl (C=O) groups is 2. The smallest absolute Gasteiger partial charge is 0.298 e. The topological polar surface area (TPSA) is 67.2 Å². The van der Waals surface area contributed by atoms with Gasteiger partial charge in [-0.2, -0.15) is 5.10 Å². The van der Waals surface area contributed by atoms with Gasteiger partial charge in [0.15, 0.2) is 0 Å². The van der Waals surface area contributed by atoms with Gasteiger partial charge >= 0.3 is 0 Å². The molecule has 6 heteroatoms. The highest BCUT2D eigenvalue weighted by molar-refractivity contribution is 5.95. The quantitative estimate of drug-likeness (QED) is 0.649. The number of nitrogens with one attached hydrogen (secondary N) is 1. The van der Waals surface area contributed by atoms with Gasteiger partial charge in [0.25, 0.3) is 5.91 Å². The van der Waals surface area contributed by atoms with Crippen LogP contribution in [-0.2, 0) is 9.59 Å². The average Bonchev–Trinajstić information content (AvgIpc) is 3.16. The van der Waals surface area contributed by atoms with E-state index in [0.29, 0.717) is 25.9 Å². The van der Waals surface area contributed by atoms with Gasteiger partial charge in [-0.3, -0.25) is 9.59 Å².